The molecule has 3 rings (SSSR count). The molecular weight excluding hydrogens is 323 g/mol. The van der Waals surface area contributed by atoms with Crippen molar-refractivity contribution >= 4 is 12.0 Å². The first kappa shape index (κ1) is 17.5. The minimum Gasteiger partial charge on any atom is -0.462 e. The molecule has 1 saturated carbocycles. The third-order valence-electron chi connectivity index (χ3n) is 4.88. The van der Waals surface area contributed by atoms with Crippen molar-refractivity contribution in [3.63, 3.8) is 0 Å². The summed E-state index contributed by atoms with van der Waals surface area (Å²) in [6.07, 6.45) is 5.70. The summed E-state index contributed by atoms with van der Waals surface area (Å²) in [4.78, 5) is 24.5. The Kier molecular flexibility index (Phi) is 5.36. The van der Waals surface area contributed by atoms with Crippen LogP contribution in [0.5, 0.6) is 0 Å². The lowest BCUT2D eigenvalue weighted by Gasteiger charge is -2.29. The Labute approximate surface area is 146 Å². The van der Waals surface area contributed by atoms with Crippen molar-refractivity contribution in [2.24, 2.45) is 5.92 Å². The summed E-state index contributed by atoms with van der Waals surface area (Å²) < 4.78 is 19.7. The Morgan fingerprint density at radius 1 is 1.24 bits per heavy atom. The molecule has 1 aromatic carbocycles. The molecule has 0 bridgehead atoms. The van der Waals surface area contributed by atoms with Gasteiger partial charge in [-0.2, -0.15) is 0 Å². The van der Waals surface area contributed by atoms with Crippen molar-refractivity contribution in [3.05, 3.63) is 46.9 Å². The second kappa shape index (κ2) is 7.68. The maximum atomic E-state index is 14.2. The molecular formula is C19H23FN2O3. The summed E-state index contributed by atoms with van der Waals surface area (Å²) >= 11 is 0. The number of halogens is 1. The van der Waals surface area contributed by atoms with Crippen molar-refractivity contribution in [1.82, 2.24) is 10.6 Å². The van der Waals surface area contributed by atoms with Gasteiger partial charge in [0, 0.05) is 11.3 Å². The Hall–Kier alpha value is -2.37. The van der Waals surface area contributed by atoms with Gasteiger partial charge in [-0.25, -0.2) is 14.0 Å². The lowest BCUT2D eigenvalue weighted by Crippen LogP contribution is -2.45. The molecule has 1 heterocycles. The van der Waals surface area contributed by atoms with Gasteiger partial charge >= 0.3 is 12.0 Å². The predicted molar refractivity (Wildman–Crippen MR) is 91.0 cm³/mol. The number of urea groups is 1. The highest BCUT2D eigenvalue weighted by molar-refractivity contribution is 5.95. The minimum absolute atomic E-state index is 0.250. The van der Waals surface area contributed by atoms with Crippen LogP contribution in [0.1, 0.15) is 50.6 Å². The van der Waals surface area contributed by atoms with Crippen LogP contribution in [0.3, 0.4) is 0 Å². The average Bonchev–Trinajstić information content (AvgIpc) is 2.60. The maximum absolute atomic E-state index is 14.2. The van der Waals surface area contributed by atoms with Crippen LogP contribution in [0.25, 0.3) is 0 Å². The molecule has 6 heteroatoms. The molecule has 1 aromatic rings. The van der Waals surface area contributed by atoms with Crippen molar-refractivity contribution in [2.75, 3.05) is 6.61 Å². The predicted octanol–water partition coefficient (Wildman–Crippen LogP) is 3.58. The maximum Gasteiger partial charge on any atom is 0.338 e. The molecule has 25 heavy (non-hydrogen) atoms. The first-order chi connectivity index (χ1) is 12.1. The van der Waals surface area contributed by atoms with Gasteiger partial charge in [-0.3, -0.25) is 0 Å². The second-order valence-corrected chi connectivity index (χ2v) is 6.69. The summed E-state index contributed by atoms with van der Waals surface area (Å²) in [7, 11) is 0. The van der Waals surface area contributed by atoms with Crippen molar-refractivity contribution < 1.29 is 18.7 Å². The summed E-state index contributed by atoms with van der Waals surface area (Å²) in [5, 5.41) is 5.20. The van der Waals surface area contributed by atoms with Gasteiger partial charge in [-0.15, -0.1) is 0 Å². The van der Waals surface area contributed by atoms with Crippen LogP contribution in [-0.4, -0.2) is 18.6 Å². The number of hydrogen-bond acceptors (Lipinski definition) is 3. The normalized spacial score (nSPS) is 21.5. The smallest absolute Gasteiger partial charge is 0.338 e. The van der Waals surface area contributed by atoms with Gasteiger partial charge in [0.25, 0.3) is 0 Å². The van der Waals surface area contributed by atoms with E-state index in [1.54, 1.807) is 25.1 Å². The number of allylic oxidation sites excluding steroid dienone is 1. The van der Waals surface area contributed by atoms with Crippen LogP contribution in [0.4, 0.5) is 9.18 Å². The SMILES string of the molecule is CC1=C(C(=O)OCC2CCCCC2)[C@@H](c2ccccc2F)NC(=O)N1. The fourth-order valence-electron chi connectivity index (χ4n) is 3.53. The van der Waals surface area contributed by atoms with Crippen LogP contribution in [0.2, 0.25) is 0 Å². The van der Waals surface area contributed by atoms with E-state index < -0.39 is 23.9 Å². The molecule has 2 amide bonds. The summed E-state index contributed by atoms with van der Waals surface area (Å²) in [6, 6.07) is 4.80. The van der Waals surface area contributed by atoms with Gasteiger partial charge in [0.15, 0.2) is 0 Å². The monoisotopic (exact) mass is 346 g/mol. The molecule has 5 nitrogen and oxygen atoms in total. The van der Waals surface area contributed by atoms with Gasteiger partial charge < -0.3 is 15.4 Å². The van der Waals surface area contributed by atoms with Crippen LogP contribution >= 0.6 is 0 Å². The van der Waals surface area contributed by atoms with Gasteiger partial charge in [-0.1, -0.05) is 37.5 Å². The van der Waals surface area contributed by atoms with E-state index in [1.807, 2.05) is 0 Å². The van der Waals surface area contributed by atoms with Gasteiger partial charge in [0.2, 0.25) is 0 Å². The van der Waals surface area contributed by atoms with Crippen molar-refractivity contribution in [3.8, 4) is 0 Å². The lowest BCUT2D eigenvalue weighted by molar-refractivity contribution is -0.141. The number of hydrogen-bond donors (Lipinski definition) is 2. The zero-order valence-electron chi connectivity index (χ0n) is 14.3. The molecule has 1 aliphatic carbocycles. The molecule has 2 aliphatic rings. The molecule has 0 aromatic heterocycles. The zero-order chi connectivity index (χ0) is 17.8. The van der Waals surface area contributed by atoms with Crippen LogP contribution < -0.4 is 10.6 Å². The van der Waals surface area contributed by atoms with E-state index in [-0.39, 0.29) is 11.1 Å². The third-order valence-corrected chi connectivity index (χ3v) is 4.88. The Bertz CT molecular complexity index is 696. The van der Waals surface area contributed by atoms with Crippen LogP contribution in [0, 0.1) is 11.7 Å². The summed E-state index contributed by atoms with van der Waals surface area (Å²) in [5.41, 5.74) is 0.896. The number of benzene rings is 1. The van der Waals surface area contributed by atoms with E-state index in [1.165, 1.54) is 25.3 Å². The van der Waals surface area contributed by atoms with E-state index in [0.717, 1.165) is 12.8 Å². The highest BCUT2D eigenvalue weighted by Gasteiger charge is 2.34. The molecule has 1 atom stereocenters. The highest BCUT2D eigenvalue weighted by atomic mass is 19.1. The third kappa shape index (κ3) is 4.00. The highest BCUT2D eigenvalue weighted by Crippen LogP contribution is 2.30. The number of ether oxygens (including phenoxy) is 1. The lowest BCUT2D eigenvalue weighted by atomic mass is 9.90. The Morgan fingerprint density at radius 2 is 1.96 bits per heavy atom. The first-order valence-electron chi connectivity index (χ1n) is 8.76. The number of rotatable bonds is 4. The van der Waals surface area contributed by atoms with Crippen molar-refractivity contribution in [2.45, 2.75) is 45.1 Å². The molecule has 1 fully saturated rings. The number of esters is 1. The first-order valence-corrected chi connectivity index (χ1v) is 8.76. The molecule has 134 valence electrons. The van der Waals surface area contributed by atoms with E-state index >= 15 is 0 Å². The molecule has 2 N–H and O–H groups in total. The topological polar surface area (TPSA) is 67.4 Å². The van der Waals surface area contributed by atoms with Gasteiger partial charge in [0.1, 0.15) is 5.82 Å². The van der Waals surface area contributed by atoms with E-state index in [0.29, 0.717) is 18.2 Å². The quantitative estimate of drug-likeness (QED) is 0.819. The molecule has 1 aliphatic heterocycles. The summed E-state index contributed by atoms with van der Waals surface area (Å²) in [5.74, 6) is -0.597. The Morgan fingerprint density at radius 3 is 2.68 bits per heavy atom. The second-order valence-electron chi connectivity index (χ2n) is 6.69. The van der Waals surface area contributed by atoms with E-state index in [9.17, 15) is 14.0 Å². The fraction of sp³-hybridized carbons (Fsp3) is 0.474. The van der Waals surface area contributed by atoms with Gasteiger partial charge in [-0.05, 0) is 31.7 Å². The van der Waals surface area contributed by atoms with E-state index in [2.05, 4.69) is 10.6 Å². The average molecular weight is 346 g/mol. The Balaban J connectivity index is 1.79. The number of nitrogens with one attached hydrogen (secondary N) is 2. The number of carbonyl (C=O) groups is 2. The molecule has 0 radical (unpaired) electrons. The number of carbonyl (C=O) groups excluding carboxylic acids is 2. The van der Waals surface area contributed by atoms with Crippen molar-refractivity contribution in [1.29, 1.82) is 0 Å². The molecule has 0 spiro atoms. The van der Waals surface area contributed by atoms with Crippen LogP contribution in [-0.2, 0) is 9.53 Å². The minimum atomic E-state index is -0.853. The largest absolute Gasteiger partial charge is 0.462 e. The van der Waals surface area contributed by atoms with E-state index in [4.69, 9.17) is 4.74 Å². The van der Waals surface area contributed by atoms with Crippen LogP contribution in [0.15, 0.2) is 35.5 Å². The zero-order valence-corrected chi connectivity index (χ0v) is 14.3. The van der Waals surface area contributed by atoms with Gasteiger partial charge in [0.05, 0.1) is 18.2 Å². The number of amides is 2. The fourth-order valence-corrected chi connectivity index (χ4v) is 3.53. The molecule has 0 saturated heterocycles. The molecule has 0 unspecified atom stereocenters. The summed E-state index contributed by atoms with van der Waals surface area (Å²) in [6.45, 7) is 2.00. The standard InChI is InChI=1S/C19H23FN2O3/c1-12-16(18(23)25-11-13-7-3-2-4-8-13)17(22-19(24)21-12)14-9-5-6-10-15(14)20/h5-6,9-10,13,17H,2-4,7-8,11H2,1H3,(H2,21,22,24)/t17-/m1/s1.